The smallest absolute Gasteiger partial charge is 0.229 e. The number of nitrogens with zero attached hydrogens (tertiary/aromatic N) is 3. The van der Waals surface area contributed by atoms with Crippen molar-refractivity contribution in [1.82, 2.24) is 14.8 Å². The van der Waals surface area contributed by atoms with Crippen LogP contribution in [0, 0.1) is 0 Å². The van der Waals surface area contributed by atoms with Crippen LogP contribution in [0.1, 0.15) is 23.6 Å². The van der Waals surface area contributed by atoms with E-state index in [1.165, 1.54) is 6.33 Å². The SMILES string of the molecule is O=C1C[C@@H](c2cccc(OCc3ccc(Cl)c(Cl)c3)c2)n2ncnc2N1. The average molecular weight is 389 g/mol. The predicted octanol–water partition coefficient (Wildman–Crippen LogP) is 4.10. The molecule has 0 bridgehead atoms. The molecule has 1 N–H and O–H groups in total. The average Bonchev–Trinajstić information content (AvgIpc) is 3.10. The fourth-order valence-electron chi connectivity index (χ4n) is 2.87. The zero-order chi connectivity index (χ0) is 18.1. The standard InChI is InChI=1S/C18H14Cl2N4O2/c19-14-5-4-11(6-15(14)20)9-26-13-3-1-2-12(7-13)16-8-17(25)23-18-21-10-22-24(16)18/h1-7,10,16H,8-9H2,(H,21,22,23,25)/t16-/m0/s1. The van der Waals surface area contributed by atoms with Gasteiger partial charge in [-0.1, -0.05) is 41.4 Å². The van der Waals surface area contributed by atoms with Crippen molar-refractivity contribution in [3.8, 4) is 5.75 Å². The Morgan fingerprint density at radius 1 is 1.19 bits per heavy atom. The van der Waals surface area contributed by atoms with Gasteiger partial charge in [-0.05, 0) is 35.4 Å². The second kappa shape index (κ2) is 6.97. The van der Waals surface area contributed by atoms with Crippen LogP contribution in [0.25, 0.3) is 0 Å². The van der Waals surface area contributed by atoms with Crippen molar-refractivity contribution in [2.45, 2.75) is 19.1 Å². The third-order valence-electron chi connectivity index (χ3n) is 4.13. The molecule has 0 radical (unpaired) electrons. The summed E-state index contributed by atoms with van der Waals surface area (Å²) in [6.45, 7) is 0.361. The van der Waals surface area contributed by atoms with E-state index in [-0.39, 0.29) is 11.9 Å². The zero-order valence-corrected chi connectivity index (χ0v) is 15.0. The van der Waals surface area contributed by atoms with Crippen LogP contribution in [0.2, 0.25) is 10.0 Å². The van der Waals surface area contributed by atoms with Gasteiger partial charge in [0.2, 0.25) is 11.9 Å². The molecule has 0 fully saturated rings. The van der Waals surface area contributed by atoms with Crippen molar-refractivity contribution in [2.75, 3.05) is 5.32 Å². The molecule has 132 valence electrons. The molecule has 8 heteroatoms. The molecule has 0 aliphatic carbocycles. The topological polar surface area (TPSA) is 69.0 Å². The van der Waals surface area contributed by atoms with Gasteiger partial charge in [0.15, 0.2) is 0 Å². The van der Waals surface area contributed by atoms with E-state index < -0.39 is 0 Å². The number of nitrogens with one attached hydrogen (secondary N) is 1. The van der Waals surface area contributed by atoms with E-state index >= 15 is 0 Å². The Hall–Kier alpha value is -2.57. The van der Waals surface area contributed by atoms with Gasteiger partial charge < -0.3 is 4.74 Å². The number of benzene rings is 2. The Balaban J connectivity index is 1.54. The zero-order valence-electron chi connectivity index (χ0n) is 13.5. The molecule has 1 aromatic heterocycles. The summed E-state index contributed by atoms with van der Waals surface area (Å²) < 4.78 is 7.57. The molecule has 0 saturated carbocycles. The van der Waals surface area contributed by atoms with E-state index in [1.807, 2.05) is 30.3 Å². The quantitative estimate of drug-likeness (QED) is 0.730. The molecular formula is C18H14Cl2N4O2. The van der Waals surface area contributed by atoms with E-state index in [4.69, 9.17) is 27.9 Å². The molecule has 6 nitrogen and oxygen atoms in total. The maximum Gasteiger partial charge on any atom is 0.229 e. The van der Waals surface area contributed by atoms with Crippen LogP contribution >= 0.6 is 23.2 Å². The molecule has 2 heterocycles. The Morgan fingerprint density at radius 3 is 2.92 bits per heavy atom. The Bertz CT molecular complexity index is 973. The van der Waals surface area contributed by atoms with Gasteiger partial charge in [-0.2, -0.15) is 10.1 Å². The summed E-state index contributed by atoms with van der Waals surface area (Å²) >= 11 is 12.0. The Morgan fingerprint density at radius 2 is 2.08 bits per heavy atom. The lowest BCUT2D eigenvalue weighted by Gasteiger charge is -2.24. The molecule has 2 aromatic carbocycles. The van der Waals surface area contributed by atoms with E-state index in [0.29, 0.717) is 34.8 Å². The molecular weight excluding hydrogens is 375 g/mol. The highest BCUT2D eigenvalue weighted by Gasteiger charge is 2.27. The molecule has 1 amide bonds. The van der Waals surface area contributed by atoms with E-state index in [9.17, 15) is 4.79 Å². The maximum absolute atomic E-state index is 11.9. The number of rotatable bonds is 4. The van der Waals surface area contributed by atoms with Gasteiger partial charge in [-0.15, -0.1) is 0 Å². The first-order valence-corrected chi connectivity index (χ1v) is 8.72. The molecule has 4 rings (SSSR count). The number of carbonyl (C=O) groups is 1. The van der Waals surface area contributed by atoms with Crippen molar-refractivity contribution >= 4 is 35.1 Å². The van der Waals surface area contributed by atoms with Gasteiger partial charge in [-0.25, -0.2) is 4.68 Å². The number of carbonyl (C=O) groups excluding carboxylic acids is 1. The number of amides is 1. The van der Waals surface area contributed by atoms with Crippen LogP contribution in [0.5, 0.6) is 5.75 Å². The van der Waals surface area contributed by atoms with Crippen molar-refractivity contribution in [2.24, 2.45) is 0 Å². The van der Waals surface area contributed by atoms with Crippen molar-refractivity contribution in [3.05, 3.63) is 70.0 Å². The van der Waals surface area contributed by atoms with Crippen molar-refractivity contribution in [1.29, 1.82) is 0 Å². The molecule has 3 aromatic rings. The Labute approximate surface area is 159 Å². The highest BCUT2D eigenvalue weighted by atomic mass is 35.5. The highest BCUT2D eigenvalue weighted by Crippen LogP contribution is 2.30. The minimum absolute atomic E-state index is 0.0855. The highest BCUT2D eigenvalue weighted by molar-refractivity contribution is 6.42. The monoisotopic (exact) mass is 388 g/mol. The first kappa shape index (κ1) is 16.9. The first-order chi connectivity index (χ1) is 12.6. The van der Waals surface area contributed by atoms with Gasteiger partial charge >= 0.3 is 0 Å². The van der Waals surface area contributed by atoms with Gasteiger partial charge in [0, 0.05) is 0 Å². The van der Waals surface area contributed by atoms with Crippen LogP contribution in [0.3, 0.4) is 0 Å². The molecule has 1 atom stereocenters. The number of aromatic nitrogens is 3. The summed E-state index contributed by atoms with van der Waals surface area (Å²) in [5.74, 6) is 1.06. The van der Waals surface area contributed by atoms with Crippen LogP contribution in [-0.2, 0) is 11.4 Å². The third-order valence-corrected chi connectivity index (χ3v) is 4.87. The summed E-state index contributed by atoms with van der Waals surface area (Å²) in [5.41, 5.74) is 1.85. The number of anilines is 1. The van der Waals surface area contributed by atoms with Gasteiger partial charge in [0.1, 0.15) is 18.7 Å². The summed E-state index contributed by atoms with van der Waals surface area (Å²) in [6.07, 6.45) is 1.73. The summed E-state index contributed by atoms with van der Waals surface area (Å²) in [7, 11) is 0. The van der Waals surface area contributed by atoms with Crippen molar-refractivity contribution in [3.63, 3.8) is 0 Å². The van der Waals surface area contributed by atoms with Crippen molar-refractivity contribution < 1.29 is 9.53 Å². The fourth-order valence-corrected chi connectivity index (χ4v) is 3.19. The second-order valence-corrected chi connectivity index (χ2v) is 6.72. The van der Waals surface area contributed by atoms with Gasteiger partial charge in [0.05, 0.1) is 22.5 Å². The van der Waals surface area contributed by atoms with Crippen LogP contribution in [-0.4, -0.2) is 20.7 Å². The third kappa shape index (κ3) is 3.38. The first-order valence-electron chi connectivity index (χ1n) is 7.96. The number of ether oxygens (including phenoxy) is 1. The Kier molecular flexibility index (Phi) is 4.53. The molecule has 0 saturated heterocycles. The molecule has 0 unspecified atom stereocenters. The number of halogens is 2. The molecule has 1 aliphatic rings. The van der Waals surface area contributed by atoms with Crippen LogP contribution in [0.15, 0.2) is 48.8 Å². The number of hydrogen-bond acceptors (Lipinski definition) is 4. The largest absolute Gasteiger partial charge is 0.489 e. The van der Waals surface area contributed by atoms with Gasteiger partial charge in [0.25, 0.3) is 0 Å². The summed E-state index contributed by atoms with van der Waals surface area (Å²) in [5, 5.41) is 7.92. The minimum atomic E-state index is -0.213. The van der Waals surface area contributed by atoms with E-state index in [2.05, 4.69) is 15.4 Å². The maximum atomic E-state index is 11.9. The summed E-state index contributed by atoms with van der Waals surface area (Å²) in [6, 6.07) is 12.8. The predicted molar refractivity (Wildman–Crippen MR) is 98.6 cm³/mol. The lowest BCUT2D eigenvalue weighted by molar-refractivity contribution is -0.117. The minimum Gasteiger partial charge on any atom is -0.489 e. The van der Waals surface area contributed by atoms with Crippen LogP contribution < -0.4 is 10.1 Å². The van der Waals surface area contributed by atoms with E-state index in [1.54, 1.807) is 16.8 Å². The normalized spacial score (nSPS) is 16.1. The molecule has 1 aliphatic heterocycles. The number of hydrogen-bond donors (Lipinski definition) is 1. The lowest BCUT2D eigenvalue weighted by atomic mass is 10.0. The van der Waals surface area contributed by atoms with Crippen LogP contribution in [0.4, 0.5) is 5.95 Å². The fraction of sp³-hybridized carbons (Fsp3) is 0.167. The lowest BCUT2D eigenvalue weighted by Crippen LogP contribution is -2.29. The summed E-state index contributed by atoms with van der Waals surface area (Å²) in [4.78, 5) is 16.0. The van der Waals surface area contributed by atoms with E-state index in [0.717, 1.165) is 11.1 Å². The second-order valence-electron chi connectivity index (χ2n) is 5.91. The molecule has 0 spiro atoms. The molecule has 26 heavy (non-hydrogen) atoms. The number of fused-ring (bicyclic) bond motifs is 1. The van der Waals surface area contributed by atoms with Gasteiger partial charge in [-0.3, -0.25) is 10.1 Å².